The zero-order valence-electron chi connectivity index (χ0n) is 15.9. The van der Waals surface area contributed by atoms with Gasteiger partial charge in [-0.3, -0.25) is 0 Å². The molecule has 6 nitrogen and oxygen atoms in total. The Balaban J connectivity index is 1.55. The van der Waals surface area contributed by atoms with Crippen LogP contribution in [0.1, 0.15) is 41.4 Å². The lowest BCUT2D eigenvalue weighted by molar-refractivity contribution is 0.299. The zero-order valence-corrected chi connectivity index (χ0v) is 16.7. The van der Waals surface area contributed by atoms with E-state index in [0.717, 1.165) is 49.4 Å². The standard InChI is InChI=1S/C20H26N4O2S/c1-15-5-7-18(8-6-15)27(25,26)24-10-3-4-16(14-24)20-21-12-17-13-23(2)11-9-19(17)22-20/h5-8,12,16H,3-4,9-11,13-14H2,1-2H3/t16-/m1/s1. The predicted molar refractivity (Wildman–Crippen MR) is 104 cm³/mol. The van der Waals surface area contributed by atoms with Crippen LogP contribution in [0.25, 0.3) is 0 Å². The third-order valence-electron chi connectivity index (χ3n) is 5.55. The van der Waals surface area contributed by atoms with Gasteiger partial charge in [0.1, 0.15) is 5.82 Å². The van der Waals surface area contributed by atoms with Crippen LogP contribution in [0, 0.1) is 6.92 Å². The Morgan fingerprint density at radius 3 is 2.70 bits per heavy atom. The van der Waals surface area contributed by atoms with Crippen molar-refractivity contribution in [1.82, 2.24) is 19.2 Å². The van der Waals surface area contributed by atoms with Crippen LogP contribution in [0.15, 0.2) is 35.4 Å². The van der Waals surface area contributed by atoms with Crippen molar-refractivity contribution in [3.05, 3.63) is 53.1 Å². The van der Waals surface area contributed by atoms with E-state index in [1.165, 1.54) is 5.56 Å². The predicted octanol–water partition coefficient (Wildman–Crippen LogP) is 2.34. The molecule has 0 N–H and O–H groups in total. The van der Waals surface area contributed by atoms with Crippen molar-refractivity contribution in [1.29, 1.82) is 0 Å². The summed E-state index contributed by atoms with van der Waals surface area (Å²) in [6.07, 6.45) is 4.62. The number of nitrogens with zero attached hydrogens (tertiary/aromatic N) is 4. The number of hydrogen-bond donors (Lipinski definition) is 0. The second-order valence-electron chi connectivity index (χ2n) is 7.70. The molecule has 1 aromatic carbocycles. The Kier molecular flexibility index (Phi) is 5.01. The van der Waals surface area contributed by atoms with E-state index in [4.69, 9.17) is 4.98 Å². The smallest absolute Gasteiger partial charge is 0.243 e. The number of likely N-dealkylation sites (N-methyl/N-ethyl adjacent to an activating group) is 1. The van der Waals surface area contributed by atoms with Crippen molar-refractivity contribution < 1.29 is 8.42 Å². The highest BCUT2D eigenvalue weighted by Gasteiger charge is 2.32. The van der Waals surface area contributed by atoms with Gasteiger partial charge in [0.15, 0.2) is 0 Å². The summed E-state index contributed by atoms with van der Waals surface area (Å²) >= 11 is 0. The minimum absolute atomic E-state index is 0.0592. The van der Waals surface area contributed by atoms with E-state index in [2.05, 4.69) is 16.9 Å². The van der Waals surface area contributed by atoms with Gasteiger partial charge in [0.05, 0.1) is 4.90 Å². The Bertz CT molecular complexity index is 927. The van der Waals surface area contributed by atoms with Gasteiger partial charge in [-0.2, -0.15) is 4.31 Å². The number of piperidine rings is 1. The van der Waals surface area contributed by atoms with E-state index in [0.29, 0.717) is 18.0 Å². The Morgan fingerprint density at radius 2 is 1.93 bits per heavy atom. The summed E-state index contributed by atoms with van der Waals surface area (Å²) in [5.41, 5.74) is 3.36. The van der Waals surface area contributed by atoms with Crippen molar-refractivity contribution in [3.8, 4) is 0 Å². The monoisotopic (exact) mass is 386 g/mol. The minimum Gasteiger partial charge on any atom is -0.302 e. The van der Waals surface area contributed by atoms with Crippen LogP contribution < -0.4 is 0 Å². The number of benzene rings is 1. The third kappa shape index (κ3) is 3.77. The third-order valence-corrected chi connectivity index (χ3v) is 7.43. The molecule has 1 saturated heterocycles. The second kappa shape index (κ2) is 7.30. The molecule has 2 aliphatic heterocycles. The van der Waals surface area contributed by atoms with Crippen molar-refractivity contribution >= 4 is 10.0 Å². The topological polar surface area (TPSA) is 66.4 Å². The Hall–Kier alpha value is -1.83. The lowest BCUT2D eigenvalue weighted by Crippen LogP contribution is -2.39. The average Bonchev–Trinajstić information content (AvgIpc) is 2.68. The van der Waals surface area contributed by atoms with Crippen molar-refractivity contribution in [2.45, 2.75) is 43.5 Å². The van der Waals surface area contributed by atoms with E-state index in [1.54, 1.807) is 16.4 Å². The molecular formula is C20H26N4O2S. The van der Waals surface area contributed by atoms with Crippen LogP contribution in [0.5, 0.6) is 0 Å². The largest absolute Gasteiger partial charge is 0.302 e. The fourth-order valence-corrected chi connectivity index (χ4v) is 5.42. The molecule has 1 aromatic heterocycles. The van der Waals surface area contributed by atoms with Crippen LogP contribution in [-0.4, -0.2) is 54.3 Å². The molecule has 0 aliphatic carbocycles. The van der Waals surface area contributed by atoms with Gasteiger partial charge in [0.25, 0.3) is 0 Å². The number of hydrogen-bond acceptors (Lipinski definition) is 5. The average molecular weight is 387 g/mol. The molecule has 2 aromatic rings. The highest BCUT2D eigenvalue weighted by atomic mass is 32.2. The lowest BCUT2D eigenvalue weighted by Gasteiger charge is -2.32. The molecule has 1 atom stereocenters. The van der Waals surface area contributed by atoms with Gasteiger partial charge in [-0.15, -0.1) is 0 Å². The first kappa shape index (κ1) is 18.5. The molecule has 7 heteroatoms. The molecule has 0 bridgehead atoms. The summed E-state index contributed by atoms with van der Waals surface area (Å²) in [7, 11) is -1.37. The zero-order chi connectivity index (χ0) is 19.0. The SMILES string of the molecule is Cc1ccc(S(=O)(=O)N2CCC[C@@H](c3ncc4c(n3)CCN(C)C4)C2)cc1. The van der Waals surface area contributed by atoms with Gasteiger partial charge in [-0.1, -0.05) is 17.7 Å². The molecule has 0 unspecified atom stereocenters. The van der Waals surface area contributed by atoms with Crippen molar-refractivity contribution in [3.63, 3.8) is 0 Å². The minimum atomic E-state index is -3.47. The molecule has 144 valence electrons. The van der Waals surface area contributed by atoms with Crippen molar-refractivity contribution in [2.75, 3.05) is 26.7 Å². The second-order valence-corrected chi connectivity index (χ2v) is 9.64. The Morgan fingerprint density at radius 1 is 1.15 bits per heavy atom. The van der Waals surface area contributed by atoms with Crippen LogP contribution >= 0.6 is 0 Å². The molecule has 0 amide bonds. The maximum absolute atomic E-state index is 13.0. The molecule has 0 spiro atoms. The fraction of sp³-hybridized carbons (Fsp3) is 0.500. The van der Waals surface area contributed by atoms with Gasteiger partial charge in [-0.25, -0.2) is 18.4 Å². The van der Waals surface area contributed by atoms with Crippen LogP contribution in [-0.2, 0) is 23.0 Å². The number of sulfonamides is 1. The molecule has 1 fully saturated rings. The van der Waals surface area contributed by atoms with Crippen LogP contribution in [0.3, 0.4) is 0 Å². The van der Waals surface area contributed by atoms with Gasteiger partial charge >= 0.3 is 0 Å². The summed E-state index contributed by atoms with van der Waals surface area (Å²) in [4.78, 5) is 12.0. The number of rotatable bonds is 3. The first-order chi connectivity index (χ1) is 12.9. The highest BCUT2D eigenvalue weighted by Crippen LogP contribution is 2.29. The first-order valence-electron chi connectivity index (χ1n) is 9.53. The van der Waals surface area contributed by atoms with Gasteiger partial charge in [0, 0.05) is 56.0 Å². The molecule has 0 radical (unpaired) electrons. The molecule has 4 rings (SSSR count). The van der Waals surface area contributed by atoms with Crippen LogP contribution in [0.4, 0.5) is 0 Å². The van der Waals surface area contributed by atoms with Gasteiger partial charge in [-0.05, 0) is 38.9 Å². The summed E-state index contributed by atoms with van der Waals surface area (Å²) < 4.78 is 27.6. The maximum atomic E-state index is 13.0. The molecule has 27 heavy (non-hydrogen) atoms. The first-order valence-corrected chi connectivity index (χ1v) is 11.0. The van der Waals surface area contributed by atoms with E-state index in [9.17, 15) is 8.42 Å². The number of fused-ring (bicyclic) bond motifs is 1. The summed E-state index contributed by atoms with van der Waals surface area (Å²) in [6, 6.07) is 7.08. The van der Waals surface area contributed by atoms with Crippen LogP contribution in [0.2, 0.25) is 0 Å². The van der Waals surface area contributed by atoms with Crippen molar-refractivity contribution in [2.24, 2.45) is 0 Å². The summed E-state index contributed by atoms with van der Waals surface area (Å²) in [5.74, 6) is 0.853. The van der Waals surface area contributed by atoms with E-state index < -0.39 is 10.0 Å². The normalized spacial score (nSPS) is 21.8. The molecule has 2 aliphatic rings. The molecule has 3 heterocycles. The van der Waals surface area contributed by atoms with E-state index in [1.807, 2.05) is 25.3 Å². The van der Waals surface area contributed by atoms with Gasteiger partial charge < -0.3 is 4.90 Å². The summed E-state index contributed by atoms with van der Waals surface area (Å²) in [5, 5.41) is 0. The van der Waals surface area contributed by atoms with Gasteiger partial charge in [0.2, 0.25) is 10.0 Å². The Labute approximate surface area is 161 Å². The maximum Gasteiger partial charge on any atom is 0.243 e. The fourth-order valence-electron chi connectivity index (χ4n) is 3.90. The quantitative estimate of drug-likeness (QED) is 0.810. The summed E-state index contributed by atoms with van der Waals surface area (Å²) in [6.45, 7) is 4.85. The number of aromatic nitrogens is 2. The molecular weight excluding hydrogens is 360 g/mol. The van der Waals surface area contributed by atoms with E-state index in [-0.39, 0.29) is 5.92 Å². The van der Waals surface area contributed by atoms with E-state index >= 15 is 0 Å². The lowest BCUT2D eigenvalue weighted by atomic mass is 9.98. The molecule has 0 saturated carbocycles. The highest BCUT2D eigenvalue weighted by molar-refractivity contribution is 7.89. The number of aryl methyl sites for hydroxylation is 1.